The van der Waals surface area contributed by atoms with Crippen LogP contribution in [-0.2, 0) is 13.1 Å². The van der Waals surface area contributed by atoms with E-state index < -0.39 is 0 Å². The lowest BCUT2D eigenvalue weighted by molar-refractivity contribution is 0.0727. The Morgan fingerprint density at radius 3 is 2.41 bits per heavy atom. The first kappa shape index (κ1) is 16.3. The highest BCUT2D eigenvalue weighted by atomic mass is 16.3. The van der Waals surface area contributed by atoms with Crippen molar-refractivity contribution in [2.75, 3.05) is 6.61 Å². The summed E-state index contributed by atoms with van der Waals surface area (Å²) in [6.45, 7) is 5.59. The highest BCUT2D eigenvalue weighted by molar-refractivity contribution is 5.19. The predicted octanol–water partition coefficient (Wildman–Crippen LogP) is 3.17. The standard InChI is InChI=1S/C18H22N2O2/c1-14(2)18(13-21)20(11-15-6-4-3-5-7-15)12-17-9-8-16(10-19)22-17/h3-9,14,18,21H,11-13H2,1-2H3. The first-order valence-corrected chi connectivity index (χ1v) is 7.51. The van der Waals surface area contributed by atoms with Gasteiger partial charge in [-0.2, -0.15) is 5.26 Å². The third-order valence-electron chi connectivity index (χ3n) is 3.78. The Hall–Kier alpha value is -2.09. The van der Waals surface area contributed by atoms with E-state index in [1.54, 1.807) is 6.07 Å². The Bertz CT molecular complexity index is 614. The lowest BCUT2D eigenvalue weighted by atomic mass is 10.0. The number of nitrogens with zero attached hydrogens (tertiary/aromatic N) is 2. The van der Waals surface area contributed by atoms with Gasteiger partial charge in [-0.05, 0) is 23.6 Å². The number of benzene rings is 1. The number of hydrogen-bond acceptors (Lipinski definition) is 4. The molecule has 0 aliphatic carbocycles. The van der Waals surface area contributed by atoms with Crippen molar-refractivity contribution in [3.63, 3.8) is 0 Å². The van der Waals surface area contributed by atoms with E-state index in [4.69, 9.17) is 9.68 Å². The molecule has 1 aromatic heterocycles. The number of hydrogen-bond donors (Lipinski definition) is 1. The maximum Gasteiger partial charge on any atom is 0.203 e. The van der Waals surface area contributed by atoms with E-state index in [0.717, 1.165) is 12.3 Å². The topological polar surface area (TPSA) is 60.4 Å². The fourth-order valence-corrected chi connectivity index (χ4v) is 2.58. The van der Waals surface area contributed by atoms with E-state index in [9.17, 15) is 5.11 Å². The van der Waals surface area contributed by atoms with Crippen LogP contribution in [0.2, 0.25) is 0 Å². The van der Waals surface area contributed by atoms with Gasteiger partial charge in [0.2, 0.25) is 5.76 Å². The molecule has 0 fully saturated rings. The molecule has 0 bridgehead atoms. The van der Waals surface area contributed by atoms with Crippen LogP contribution in [0.15, 0.2) is 46.9 Å². The molecule has 116 valence electrons. The van der Waals surface area contributed by atoms with Crippen molar-refractivity contribution in [3.05, 3.63) is 59.5 Å². The molecule has 0 radical (unpaired) electrons. The summed E-state index contributed by atoms with van der Waals surface area (Å²) < 4.78 is 5.49. The largest absolute Gasteiger partial charge is 0.449 e. The summed E-state index contributed by atoms with van der Waals surface area (Å²) in [5, 5.41) is 18.6. The highest BCUT2D eigenvalue weighted by Crippen LogP contribution is 2.19. The first-order valence-electron chi connectivity index (χ1n) is 7.51. The highest BCUT2D eigenvalue weighted by Gasteiger charge is 2.22. The second-order valence-electron chi connectivity index (χ2n) is 5.76. The quantitative estimate of drug-likeness (QED) is 0.853. The van der Waals surface area contributed by atoms with Crippen molar-refractivity contribution >= 4 is 0 Å². The Kier molecular flexibility index (Phi) is 5.76. The molecule has 2 rings (SSSR count). The molecule has 4 nitrogen and oxygen atoms in total. The Labute approximate surface area is 131 Å². The van der Waals surface area contributed by atoms with Gasteiger partial charge in [0.15, 0.2) is 0 Å². The molecule has 22 heavy (non-hydrogen) atoms. The second kappa shape index (κ2) is 7.79. The summed E-state index contributed by atoms with van der Waals surface area (Å²) >= 11 is 0. The van der Waals surface area contributed by atoms with Gasteiger partial charge < -0.3 is 9.52 Å². The Balaban J connectivity index is 2.18. The van der Waals surface area contributed by atoms with Crippen molar-refractivity contribution in [2.24, 2.45) is 5.92 Å². The number of rotatable bonds is 7. The molecule has 0 saturated carbocycles. The average Bonchev–Trinajstić information content (AvgIpc) is 2.96. The number of furan rings is 1. The minimum Gasteiger partial charge on any atom is -0.449 e. The van der Waals surface area contributed by atoms with Crippen LogP contribution in [0.25, 0.3) is 0 Å². The van der Waals surface area contributed by atoms with Crippen molar-refractivity contribution in [1.82, 2.24) is 4.90 Å². The summed E-state index contributed by atoms with van der Waals surface area (Å²) in [5.41, 5.74) is 1.19. The van der Waals surface area contributed by atoms with E-state index >= 15 is 0 Å². The second-order valence-corrected chi connectivity index (χ2v) is 5.76. The van der Waals surface area contributed by atoms with Crippen LogP contribution in [0.5, 0.6) is 0 Å². The van der Waals surface area contributed by atoms with Crippen LogP contribution in [0.3, 0.4) is 0 Å². The normalized spacial score (nSPS) is 12.5. The van der Waals surface area contributed by atoms with E-state index in [0.29, 0.717) is 18.2 Å². The van der Waals surface area contributed by atoms with E-state index in [-0.39, 0.29) is 12.6 Å². The number of aliphatic hydroxyl groups excluding tert-OH is 1. The van der Waals surface area contributed by atoms with Gasteiger partial charge in [-0.15, -0.1) is 0 Å². The molecular weight excluding hydrogens is 276 g/mol. The van der Waals surface area contributed by atoms with Crippen LogP contribution in [0, 0.1) is 17.2 Å². The molecule has 2 aromatic rings. The smallest absolute Gasteiger partial charge is 0.203 e. The number of aliphatic hydroxyl groups is 1. The van der Waals surface area contributed by atoms with Gasteiger partial charge in [0.05, 0.1) is 13.2 Å². The molecule has 1 aromatic carbocycles. The summed E-state index contributed by atoms with van der Waals surface area (Å²) in [7, 11) is 0. The van der Waals surface area contributed by atoms with Gasteiger partial charge in [-0.25, -0.2) is 0 Å². The van der Waals surface area contributed by atoms with Crippen LogP contribution >= 0.6 is 0 Å². The SMILES string of the molecule is CC(C)C(CO)N(Cc1ccccc1)Cc1ccc(C#N)o1. The molecule has 1 heterocycles. The molecule has 1 N–H and O–H groups in total. The molecule has 0 amide bonds. The van der Waals surface area contributed by atoms with Crippen molar-refractivity contribution in [3.8, 4) is 6.07 Å². The van der Waals surface area contributed by atoms with Crippen LogP contribution in [-0.4, -0.2) is 22.7 Å². The Morgan fingerprint density at radius 2 is 1.86 bits per heavy atom. The van der Waals surface area contributed by atoms with E-state index in [2.05, 4.69) is 30.9 Å². The van der Waals surface area contributed by atoms with Crippen LogP contribution in [0.4, 0.5) is 0 Å². The summed E-state index contributed by atoms with van der Waals surface area (Å²) in [6.07, 6.45) is 0. The van der Waals surface area contributed by atoms with Gasteiger partial charge >= 0.3 is 0 Å². The molecule has 4 heteroatoms. The molecule has 0 spiro atoms. The van der Waals surface area contributed by atoms with Crippen molar-refractivity contribution in [2.45, 2.75) is 33.0 Å². The third-order valence-corrected chi connectivity index (χ3v) is 3.78. The summed E-state index contributed by atoms with van der Waals surface area (Å²) in [5.74, 6) is 1.38. The van der Waals surface area contributed by atoms with Gasteiger partial charge in [-0.3, -0.25) is 4.90 Å². The Morgan fingerprint density at radius 1 is 1.14 bits per heavy atom. The summed E-state index contributed by atoms with van der Waals surface area (Å²) in [6, 6.07) is 15.7. The minimum atomic E-state index is 0.0378. The maximum atomic E-state index is 9.75. The van der Waals surface area contributed by atoms with Crippen molar-refractivity contribution < 1.29 is 9.52 Å². The average molecular weight is 298 g/mol. The van der Waals surface area contributed by atoms with Gasteiger partial charge in [0.25, 0.3) is 0 Å². The zero-order chi connectivity index (χ0) is 15.9. The van der Waals surface area contributed by atoms with E-state index in [1.165, 1.54) is 5.56 Å². The molecule has 1 atom stereocenters. The minimum absolute atomic E-state index is 0.0378. The molecule has 0 aliphatic rings. The first-order chi connectivity index (χ1) is 10.6. The lowest BCUT2D eigenvalue weighted by Crippen LogP contribution is -2.40. The predicted molar refractivity (Wildman–Crippen MR) is 84.8 cm³/mol. The zero-order valence-electron chi connectivity index (χ0n) is 13.1. The third kappa shape index (κ3) is 4.20. The van der Waals surface area contributed by atoms with Gasteiger partial charge in [0.1, 0.15) is 11.8 Å². The summed E-state index contributed by atoms with van der Waals surface area (Å²) in [4.78, 5) is 2.19. The van der Waals surface area contributed by atoms with Gasteiger partial charge in [0, 0.05) is 12.6 Å². The monoisotopic (exact) mass is 298 g/mol. The van der Waals surface area contributed by atoms with E-state index in [1.807, 2.05) is 30.3 Å². The number of nitriles is 1. The molecular formula is C18H22N2O2. The van der Waals surface area contributed by atoms with Gasteiger partial charge in [-0.1, -0.05) is 44.2 Å². The zero-order valence-corrected chi connectivity index (χ0v) is 13.1. The molecule has 0 saturated heterocycles. The van der Waals surface area contributed by atoms with Crippen LogP contribution < -0.4 is 0 Å². The fourth-order valence-electron chi connectivity index (χ4n) is 2.58. The van der Waals surface area contributed by atoms with Crippen molar-refractivity contribution in [1.29, 1.82) is 5.26 Å². The lowest BCUT2D eigenvalue weighted by Gasteiger charge is -2.32. The molecule has 1 unspecified atom stereocenters. The van der Waals surface area contributed by atoms with Crippen LogP contribution in [0.1, 0.15) is 30.9 Å². The molecule has 0 aliphatic heterocycles. The fraction of sp³-hybridized carbons (Fsp3) is 0.389. The maximum absolute atomic E-state index is 9.75.